The summed E-state index contributed by atoms with van der Waals surface area (Å²) in [5, 5.41) is 10.8. The van der Waals surface area contributed by atoms with Crippen molar-refractivity contribution in [2.45, 2.75) is 32.2 Å². The number of carbonyl (C=O) groups is 1. The van der Waals surface area contributed by atoms with Gasteiger partial charge in [0.2, 0.25) is 0 Å². The van der Waals surface area contributed by atoms with E-state index >= 15 is 0 Å². The molecule has 0 aliphatic heterocycles. The van der Waals surface area contributed by atoms with E-state index in [1.807, 2.05) is 0 Å². The number of aromatic amines is 1. The molecule has 170 valence electrons. The third kappa shape index (κ3) is 4.77. The van der Waals surface area contributed by atoms with E-state index in [4.69, 9.17) is 14.2 Å². The van der Waals surface area contributed by atoms with Gasteiger partial charge in [0, 0.05) is 36.5 Å². The van der Waals surface area contributed by atoms with Crippen LogP contribution in [0, 0.1) is 6.92 Å². The van der Waals surface area contributed by atoms with Crippen LogP contribution in [-0.2, 0) is 22.5 Å². The minimum Gasteiger partial charge on any atom is -0.507 e. The fraction of sp³-hybridized carbons (Fsp3) is 0.348. The van der Waals surface area contributed by atoms with Gasteiger partial charge in [-0.1, -0.05) is 6.07 Å². The van der Waals surface area contributed by atoms with Crippen molar-refractivity contribution in [2.75, 3.05) is 21.3 Å². The molecule has 0 spiro atoms. The molecule has 3 aromatic rings. The monoisotopic (exact) mass is 441 g/mol. The maximum Gasteiger partial charge on any atom is 0.306 e. The molecular formula is C23H27N3O6. The van der Waals surface area contributed by atoms with E-state index in [1.165, 1.54) is 27.4 Å². The molecule has 0 saturated heterocycles. The number of methoxy groups -OCH3 is 3. The second kappa shape index (κ2) is 10.0. The predicted octanol–water partition coefficient (Wildman–Crippen LogP) is 2.54. The lowest BCUT2D eigenvalue weighted by molar-refractivity contribution is -0.140. The van der Waals surface area contributed by atoms with E-state index in [1.54, 1.807) is 42.2 Å². The van der Waals surface area contributed by atoms with Gasteiger partial charge in [-0.2, -0.15) is 0 Å². The summed E-state index contributed by atoms with van der Waals surface area (Å²) in [4.78, 5) is 32.7. The number of carbonyl (C=O) groups excluding carboxylic acids is 1. The van der Waals surface area contributed by atoms with Crippen molar-refractivity contribution in [3.63, 3.8) is 0 Å². The molecular weight excluding hydrogens is 414 g/mol. The summed E-state index contributed by atoms with van der Waals surface area (Å²) in [6, 6.07) is 6.66. The van der Waals surface area contributed by atoms with Crippen molar-refractivity contribution in [1.29, 1.82) is 0 Å². The van der Waals surface area contributed by atoms with Gasteiger partial charge in [-0.15, -0.1) is 0 Å². The number of esters is 1. The molecule has 2 N–H and O–H groups in total. The number of benzene rings is 1. The molecule has 0 amide bonds. The highest BCUT2D eigenvalue weighted by Gasteiger charge is 2.27. The molecule has 0 radical (unpaired) electrons. The lowest BCUT2D eigenvalue weighted by atomic mass is 9.88. The van der Waals surface area contributed by atoms with E-state index in [0.29, 0.717) is 35.7 Å². The normalized spacial score (nSPS) is 11.8. The van der Waals surface area contributed by atoms with Crippen LogP contribution in [0.1, 0.15) is 34.9 Å². The van der Waals surface area contributed by atoms with Gasteiger partial charge in [0.1, 0.15) is 5.75 Å². The van der Waals surface area contributed by atoms with Crippen molar-refractivity contribution >= 4 is 5.97 Å². The summed E-state index contributed by atoms with van der Waals surface area (Å²) in [6.45, 7) is 2.14. The molecule has 9 nitrogen and oxygen atoms in total. The van der Waals surface area contributed by atoms with E-state index in [0.717, 1.165) is 5.69 Å². The molecule has 0 aliphatic rings. The average molecular weight is 441 g/mol. The summed E-state index contributed by atoms with van der Waals surface area (Å²) >= 11 is 0. The zero-order chi connectivity index (χ0) is 23.3. The fourth-order valence-corrected chi connectivity index (χ4v) is 3.73. The number of rotatable bonds is 9. The lowest BCUT2D eigenvalue weighted by Gasteiger charge is -2.21. The van der Waals surface area contributed by atoms with Crippen molar-refractivity contribution < 1.29 is 24.1 Å². The molecule has 0 bridgehead atoms. The molecule has 3 rings (SSSR count). The van der Waals surface area contributed by atoms with Crippen LogP contribution in [0.15, 0.2) is 41.6 Å². The molecule has 2 aromatic heterocycles. The van der Waals surface area contributed by atoms with Gasteiger partial charge in [0.25, 0.3) is 5.56 Å². The highest BCUT2D eigenvalue weighted by atomic mass is 16.5. The molecule has 0 unspecified atom stereocenters. The number of imidazole rings is 1. The number of aryl methyl sites for hydroxylation is 2. The van der Waals surface area contributed by atoms with E-state index in [9.17, 15) is 14.7 Å². The van der Waals surface area contributed by atoms with Crippen LogP contribution in [-0.4, -0.2) is 46.9 Å². The lowest BCUT2D eigenvalue weighted by Crippen LogP contribution is -2.29. The first-order chi connectivity index (χ1) is 15.4. The summed E-state index contributed by atoms with van der Waals surface area (Å²) in [5.41, 5.74) is 1.87. The van der Waals surface area contributed by atoms with E-state index < -0.39 is 11.9 Å². The number of hydrogen-bond donors (Lipinski definition) is 2. The van der Waals surface area contributed by atoms with Crippen LogP contribution in [0.25, 0.3) is 0 Å². The number of aromatic hydroxyl groups is 1. The van der Waals surface area contributed by atoms with Gasteiger partial charge >= 0.3 is 5.97 Å². The van der Waals surface area contributed by atoms with Gasteiger partial charge in [-0.05, 0) is 30.7 Å². The number of nitrogens with zero attached hydrogens (tertiary/aromatic N) is 2. The number of hydrogen-bond acceptors (Lipinski definition) is 7. The average Bonchev–Trinajstić information content (AvgIpc) is 3.31. The van der Waals surface area contributed by atoms with Crippen molar-refractivity contribution in [1.82, 2.24) is 14.5 Å². The first-order valence-electron chi connectivity index (χ1n) is 10.1. The standard InChI is InChI=1S/C23H27N3O6/c1-14-9-18(27)22(23(29)26(14)8-7-16-12-24-13-25-16)17(11-21(28)32-4)15-5-6-19(30-2)20(10-15)31-3/h5-6,9-10,12-13,17,27H,7-8,11H2,1-4H3,(H,24,25)/t17-/m1/s1. The van der Waals surface area contributed by atoms with Crippen LogP contribution in [0.3, 0.4) is 0 Å². The highest BCUT2D eigenvalue weighted by molar-refractivity contribution is 5.71. The van der Waals surface area contributed by atoms with E-state index in [-0.39, 0.29) is 23.3 Å². The number of nitrogens with one attached hydrogen (secondary N) is 1. The Morgan fingerprint density at radius 3 is 2.56 bits per heavy atom. The number of pyridine rings is 1. The number of H-pyrrole nitrogens is 1. The Balaban J connectivity index is 2.11. The first-order valence-corrected chi connectivity index (χ1v) is 10.1. The summed E-state index contributed by atoms with van der Waals surface area (Å²) in [6.07, 6.45) is 3.71. The van der Waals surface area contributed by atoms with Crippen molar-refractivity contribution in [3.8, 4) is 17.2 Å². The van der Waals surface area contributed by atoms with Crippen LogP contribution in [0.2, 0.25) is 0 Å². The van der Waals surface area contributed by atoms with E-state index in [2.05, 4.69) is 9.97 Å². The minimum atomic E-state index is -0.742. The molecule has 9 heteroatoms. The molecule has 0 aliphatic carbocycles. The number of aromatic nitrogens is 3. The van der Waals surface area contributed by atoms with Gasteiger partial charge < -0.3 is 28.9 Å². The summed E-state index contributed by atoms with van der Waals surface area (Å²) < 4.78 is 17.1. The maximum atomic E-state index is 13.5. The Kier molecular flexibility index (Phi) is 7.19. The molecule has 1 atom stereocenters. The second-order valence-corrected chi connectivity index (χ2v) is 7.32. The maximum absolute atomic E-state index is 13.5. The highest BCUT2D eigenvalue weighted by Crippen LogP contribution is 2.37. The third-order valence-corrected chi connectivity index (χ3v) is 5.44. The van der Waals surface area contributed by atoms with Gasteiger partial charge in [-0.3, -0.25) is 9.59 Å². The number of ether oxygens (including phenoxy) is 3. The van der Waals surface area contributed by atoms with Crippen molar-refractivity contribution in [3.05, 3.63) is 69.7 Å². The Morgan fingerprint density at radius 1 is 1.19 bits per heavy atom. The smallest absolute Gasteiger partial charge is 0.306 e. The fourth-order valence-electron chi connectivity index (χ4n) is 3.73. The molecule has 1 aromatic carbocycles. The Hall–Kier alpha value is -3.75. The largest absolute Gasteiger partial charge is 0.507 e. The van der Waals surface area contributed by atoms with Gasteiger partial charge in [0.15, 0.2) is 11.5 Å². The van der Waals surface area contributed by atoms with Crippen LogP contribution in [0.4, 0.5) is 0 Å². The van der Waals surface area contributed by atoms with Crippen LogP contribution >= 0.6 is 0 Å². The van der Waals surface area contributed by atoms with Crippen LogP contribution in [0.5, 0.6) is 17.2 Å². The Labute approximate surface area is 185 Å². The first kappa shape index (κ1) is 22.9. The molecule has 0 saturated carbocycles. The van der Waals surface area contributed by atoms with Gasteiger partial charge in [-0.25, -0.2) is 4.98 Å². The quantitative estimate of drug-likeness (QED) is 0.490. The zero-order valence-corrected chi connectivity index (χ0v) is 18.5. The summed E-state index contributed by atoms with van der Waals surface area (Å²) in [5.74, 6) is -0.458. The topological polar surface area (TPSA) is 116 Å². The molecule has 0 fully saturated rings. The SMILES string of the molecule is COC(=O)C[C@H](c1ccc(OC)c(OC)c1)c1c(O)cc(C)n(CCc2cnc[nH]2)c1=O. The predicted molar refractivity (Wildman–Crippen MR) is 117 cm³/mol. The summed E-state index contributed by atoms with van der Waals surface area (Å²) in [7, 11) is 4.31. The van der Waals surface area contributed by atoms with Crippen LogP contribution < -0.4 is 15.0 Å². The second-order valence-electron chi connectivity index (χ2n) is 7.32. The molecule has 2 heterocycles. The Morgan fingerprint density at radius 2 is 1.94 bits per heavy atom. The zero-order valence-electron chi connectivity index (χ0n) is 18.5. The minimum absolute atomic E-state index is 0.123. The van der Waals surface area contributed by atoms with Crippen molar-refractivity contribution in [2.24, 2.45) is 0 Å². The third-order valence-electron chi connectivity index (χ3n) is 5.44. The Bertz CT molecular complexity index is 1140. The molecule has 32 heavy (non-hydrogen) atoms. The van der Waals surface area contributed by atoms with Gasteiger partial charge in [0.05, 0.1) is 39.6 Å².